The van der Waals surface area contributed by atoms with E-state index in [4.69, 9.17) is 0 Å². The summed E-state index contributed by atoms with van der Waals surface area (Å²) in [5, 5.41) is 20.2. The Bertz CT molecular complexity index is 740. The smallest absolute Gasteiger partial charge is 0.148 e. The molecule has 2 aromatic carbocycles. The second-order valence-corrected chi connectivity index (χ2v) is 5.58. The number of phenols is 1. The van der Waals surface area contributed by atoms with E-state index in [2.05, 4.69) is 31.4 Å². The van der Waals surface area contributed by atoms with Crippen LogP contribution in [0.4, 0.5) is 5.82 Å². The second-order valence-electron chi connectivity index (χ2n) is 4.66. The van der Waals surface area contributed by atoms with Crippen molar-refractivity contribution in [1.82, 2.24) is 10.2 Å². The quantitative estimate of drug-likeness (QED) is 0.666. The van der Waals surface area contributed by atoms with Crippen molar-refractivity contribution >= 4 is 21.7 Å². The molecule has 0 aliphatic carbocycles. The molecule has 0 bridgehead atoms. The number of halogens is 1. The van der Waals surface area contributed by atoms with Crippen LogP contribution >= 0.6 is 15.9 Å². The molecule has 0 spiro atoms. The summed E-state index contributed by atoms with van der Waals surface area (Å²) in [6, 6.07) is 17.3. The number of aromatic nitrogens is 2. The van der Waals surface area contributed by atoms with E-state index >= 15 is 0 Å². The van der Waals surface area contributed by atoms with Crippen LogP contribution in [0.1, 0.15) is 5.56 Å². The van der Waals surface area contributed by atoms with Gasteiger partial charge in [0.05, 0.1) is 5.69 Å². The second kappa shape index (κ2) is 6.01. The average molecular weight is 344 g/mol. The summed E-state index contributed by atoms with van der Waals surface area (Å²) in [6.45, 7) is 0.504. The number of aromatic hydroxyl groups is 1. The zero-order valence-electron chi connectivity index (χ0n) is 11.2. The minimum atomic E-state index is 0.268. The summed E-state index contributed by atoms with van der Waals surface area (Å²) < 4.78 is 0.934. The molecule has 3 aromatic rings. The van der Waals surface area contributed by atoms with Gasteiger partial charge >= 0.3 is 0 Å². The van der Waals surface area contributed by atoms with Crippen LogP contribution in [0.5, 0.6) is 5.75 Å². The Morgan fingerprint density at radius 2 is 1.90 bits per heavy atom. The number of H-pyrrole nitrogens is 1. The van der Waals surface area contributed by atoms with Gasteiger partial charge in [0.25, 0.3) is 0 Å². The number of rotatable bonds is 4. The maximum absolute atomic E-state index is 9.81. The van der Waals surface area contributed by atoms with E-state index in [9.17, 15) is 5.11 Å². The van der Waals surface area contributed by atoms with Crippen LogP contribution in [0.3, 0.4) is 0 Å². The van der Waals surface area contributed by atoms with E-state index in [-0.39, 0.29) is 5.75 Å². The molecule has 1 aromatic heterocycles. The molecule has 0 amide bonds. The predicted octanol–water partition coefficient (Wildman–Crippen LogP) is 4.16. The molecule has 21 heavy (non-hydrogen) atoms. The van der Waals surface area contributed by atoms with Gasteiger partial charge in [-0.25, -0.2) is 0 Å². The Kier molecular flexibility index (Phi) is 3.92. The lowest BCUT2D eigenvalue weighted by Gasteiger charge is -2.06. The number of benzene rings is 2. The highest BCUT2D eigenvalue weighted by Gasteiger charge is 2.05. The van der Waals surface area contributed by atoms with Crippen LogP contribution < -0.4 is 5.32 Å². The Balaban J connectivity index is 1.72. The highest BCUT2D eigenvalue weighted by molar-refractivity contribution is 9.10. The van der Waals surface area contributed by atoms with Gasteiger partial charge in [-0.05, 0) is 23.8 Å². The fraction of sp³-hybridized carbons (Fsp3) is 0.0625. The van der Waals surface area contributed by atoms with Crippen molar-refractivity contribution in [2.24, 2.45) is 0 Å². The van der Waals surface area contributed by atoms with Crippen molar-refractivity contribution in [2.45, 2.75) is 6.54 Å². The first-order valence-corrected chi connectivity index (χ1v) is 7.34. The van der Waals surface area contributed by atoms with Gasteiger partial charge < -0.3 is 10.4 Å². The summed E-state index contributed by atoms with van der Waals surface area (Å²) in [6.07, 6.45) is 0. The van der Waals surface area contributed by atoms with Crippen LogP contribution in [-0.2, 0) is 6.54 Å². The molecule has 0 radical (unpaired) electrons. The first-order valence-electron chi connectivity index (χ1n) is 6.54. The minimum absolute atomic E-state index is 0.268. The lowest BCUT2D eigenvalue weighted by molar-refractivity contribution is 0.469. The molecule has 3 rings (SSSR count). The van der Waals surface area contributed by atoms with Gasteiger partial charge in [0.2, 0.25) is 0 Å². The standard InChI is InChI=1S/C16H14BrN3O/c17-13-6-7-15(21)12(8-13)10-18-16-9-14(19-20-16)11-4-2-1-3-5-11/h1-9,21H,10H2,(H2,18,19,20). The van der Waals surface area contributed by atoms with Gasteiger partial charge in [0, 0.05) is 22.6 Å². The first-order chi connectivity index (χ1) is 10.2. The lowest BCUT2D eigenvalue weighted by Crippen LogP contribution is -1.99. The van der Waals surface area contributed by atoms with E-state index in [0.29, 0.717) is 6.54 Å². The number of aromatic amines is 1. The van der Waals surface area contributed by atoms with Gasteiger partial charge in [-0.1, -0.05) is 46.3 Å². The van der Waals surface area contributed by atoms with Crippen LogP contribution in [0.15, 0.2) is 59.1 Å². The fourth-order valence-corrected chi connectivity index (χ4v) is 2.47. The monoisotopic (exact) mass is 343 g/mol. The molecule has 4 nitrogen and oxygen atoms in total. The molecule has 0 atom stereocenters. The Hall–Kier alpha value is -2.27. The molecule has 0 unspecified atom stereocenters. The molecule has 0 saturated heterocycles. The van der Waals surface area contributed by atoms with Gasteiger partial charge in [-0.3, -0.25) is 5.10 Å². The van der Waals surface area contributed by atoms with Crippen LogP contribution in [0.25, 0.3) is 11.3 Å². The topological polar surface area (TPSA) is 60.9 Å². The highest BCUT2D eigenvalue weighted by Crippen LogP contribution is 2.24. The normalized spacial score (nSPS) is 10.5. The molecule has 0 aliphatic rings. The van der Waals surface area contributed by atoms with Crippen LogP contribution in [0.2, 0.25) is 0 Å². The van der Waals surface area contributed by atoms with Gasteiger partial charge in [-0.2, -0.15) is 5.10 Å². The number of nitrogens with one attached hydrogen (secondary N) is 2. The highest BCUT2D eigenvalue weighted by atomic mass is 79.9. The predicted molar refractivity (Wildman–Crippen MR) is 87.2 cm³/mol. The third kappa shape index (κ3) is 3.25. The Morgan fingerprint density at radius 1 is 1.10 bits per heavy atom. The van der Waals surface area contributed by atoms with E-state index < -0.39 is 0 Å². The van der Waals surface area contributed by atoms with Crippen molar-refractivity contribution in [3.63, 3.8) is 0 Å². The maximum atomic E-state index is 9.81. The fourth-order valence-electron chi connectivity index (χ4n) is 2.06. The molecule has 106 valence electrons. The summed E-state index contributed by atoms with van der Waals surface area (Å²) in [5.74, 6) is 1.01. The molecule has 5 heteroatoms. The zero-order valence-corrected chi connectivity index (χ0v) is 12.8. The number of hydrogen-bond donors (Lipinski definition) is 3. The molecule has 0 saturated carbocycles. The van der Waals surface area contributed by atoms with Gasteiger partial charge in [0.1, 0.15) is 11.6 Å². The van der Waals surface area contributed by atoms with Gasteiger partial charge in [-0.15, -0.1) is 0 Å². The average Bonchev–Trinajstić information content (AvgIpc) is 2.98. The van der Waals surface area contributed by atoms with Crippen molar-refractivity contribution in [3.05, 3.63) is 64.6 Å². The first kappa shape index (κ1) is 13.7. The SMILES string of the molecule is Oc1ccc(Br)cc1CNc1cc(-c2ccccc2)[nH]n1. The number of phenolic OH excluding ortho intramolecular Hbond substituents is 1. The molecular weight excluding hydrogens is 330 g/mol. The largest absolute Gasteiger partial charge is 0.508 e. The van der Waals surface area contributed by atoms with E-state index in [1.165, 1.54) is 0 Å². The number of hydrogen-bond acceptors (Lipinski definition) is 3. The zero-order chi connectivity index (χ0) is 14.7. The van der Waals surface area contributed by atoms with Crippen LogP contribution in [-0.4, -0.2) is 15.3 Å². The van der Waals surface area contributed by atoms with Gasteiger partial charge in [0.15, 0.2) is 0 Å². The summed E-state index contributed by atoms with van der Waals surface area (Å²) in [7, 11) is 0. The van der Waals surface area contributed by atoms with Crippen molar-refractivity contribution < 1.29 is 5.11 Å². The summed E-state index contributed by atoms with van der Waals surface area (Å²) in [5.41, 5.74) is 2.86. The molecule has 0 aliphatic heterocycles. The summed E-state index contributed by atoms with van der Waals surface area (Å²) >= 11 is 3.40. The van der Waals surface area contributed by atoms with Crippen LogP contribution in [0, 0.1) is 0 Å². The van der Waals surface area contributed by atoms with E-state index in [1.54, 1.807) is 12.1 Å². The van der Waals surface area contributed by atoms with Crippen molar-refractivity contribution in [1.29, 1.82) is 0 Å². The number of anilines is 1. The minimum Gasteiger partial charge on any atom is -0.508 e. The number of nitrogens with zero attached hydrogens (tertiary/aromatic N) is 1. The van der Waals surface area contributed by atoms with Crippen molar-refractivity contribution in [2.75, 3.05) is 5.32 Å². The van der Waals surface area contributed by atoms with E-state index in [0.717, 1.165) is 27.1 Å². The summed E-state index contributed by atoms with van der Waals surface area (Å²) in [4.78, 5) is 0. The molecular formula is C16H14BrN3O. The third-order valence-electron chi connectivity index (χ3n) is 3.16. The Labute approximate surface area is 131 Å². The third-order valence-corrected chi connectivity index (χ3v) is 3.66. The molecule has 3 N–H and O–H groups in total. The molecule has 0 fully saturated rings. The lowest BCUT2D eigenvalue weighted by atomic mass is 10.1. The van der Waals surface area contributed by atoms with Crippen molar-refractivity contribution in [3.8, 4) is 17.0 Å². The molecule has 1 heterocycles. The maximum Gasteiger partial charge on any atom is 0.148 e. The Morgan fingerprint density at radius 3 is 2.71 bits per heavy atom. The van der Waals surface area contributed by atoms with E-state index in [1.807, 2.05) is 42.5 Å².